The largest absolute Gasteiger partial charge is 0.435 e. The van der Waals surface area contributed by atoms with Gasteiger partial charge in [-0.25, -0.2) is 9.97 Å². The van der Waals surface area contributed by atoms with Crippen molar-refractivity contribution in [3.05, 3.63) is 41.5 Å². The van der Waals surface area contributed by atoms with Gasteiger partial charge in [0.15, 0.2) is 5.75 Å². The van der Waals surface area contributed by atoms with Crippen LogP contribution in [0.15, 0.2) is 36.0 Å². The molecule has 0 atom stereocenters. The van der Waals surface area contributed by atoms with E-state index in [0.717, 1.165) is 34.6 Å². The molecule has 1 aliphatic heterocycles. The third-order valence-electron chi connectivity index (χ3n) is 3.45. The number of para-hydroxylation sites is 1. The van der Waals surface area contributed by atoms with Gasteiger partial charge in [-0.3, -0.25) is 0 Å². The molecule has 0 spiro atoms. The Morgan fingerprint density at radius 1 is 1.20 bits per heavy atom. The molecule has 1 aromatic carbocycles. The first-order valence-electron chi connectivity index (χ1n) is 6.63. The zero-order chi connectivity index (χ0) is 13.4. The van der Waals surface area contributed by atoms with E-state index in [9.17, 15) is 0 Å². The highest BCUT2D eigenvalue weighted by molar-refractivity contribution is 7.17. The third-order valence-corrected chi connectivity index (χ3v) is 4.35. The highest BCUT2D eigenvalue weighted by Gasteiger charge is 2.15. The van der Waals surface area contributed by atoms with Gasteiger partial charge < -0.3 is 10.1 Å². The maximum absolute atomic E-state index is 6.05. The van der Waals surface area contributed by atoms with E-state index in [4.69, 9.17) is 4.74 Å². The van der Waals surface area contributed by atoms with Crippen molar-refractivity contribution in [2.75, 3.05) is 11.9 Å². The number of nitrogens with zero attached hydrogens (tertiary/aromatic N) is 2. The van der Waals surface area contributed by atoms with Crippen LogP contribution in [0.2, 0.25) is 0 Å². The Labute approximate surface area is 120 Å². The third kappa shape index (κ3) is 1.91. The summed E-state index contributed by atoms with van der Waals surface area (Å²) in [4.78, 5) is 8.51. The van der Waals surface area contributed by atoms with Gasteiger partial charge in [0.25, 0.3) is 0 Å². The molecule has 0 bridgehead atoms. The van der Waals surface area contributed by atoms with Crippen molar-refractivity contribution >= 4 is 27.2 Å². The number of aryl methyl sites for hydroxylation is 1. The number of hydrogen-bond acceptors (Lipinski definition) is 5. The molecule has 2 aromatic heterocycles. The summed E-state index contributed by atoms with van der Waals surface area (Å²) >= 11 is 1.60. The summed E-state index contributed by atoms with van der Waals surface area (Å²) in [5.74, 6) is 1.47. The first-order chi connectivity index (χ1) is 9.92. The van der Waals surface area contributed by atoms with Crippen LogP contribution >= 0.6 is 11.3 Å². The van der Waals surface area contributed by atoms with Crippen molar-refractivity contribution in [1.29, 1.82) is 0 Å². The summed E-state index contributed by atoms with van der Waals surface area (Å²) in [5.41, 5.74) is 3.34. The smallest absolute Gasteiger partial charge is 0.240 e. The average Bonchev–Trinajstić information content (AvgIpc) is 2.97. The number of rotatable bonds is 2. The van der Waals surface area contributed by atoms with E-state index in [1.165, 1.54) is 12.0 Å². The van der Waals surface area contributed by atoms with Gasteiger partial charge in [0, 0.05) is 6.54 Å². The second kappa shape index (κ2) is 4.76. The van der Waals surface area contributed by atoms with E-state index in [1.807, 2.05) is 23.6 Å². The van der Waals surface area contributed by atoms with Crippen molar-refractivity contribution in [3.8, 4) is 11.6 Å². The lowest BCUT2D eigenvalue weighted by Crippen LogP contribution is -2.12. The Morgan fingerprint density at radius 2 is 2.20 bits per heavy atom. The molecule has 4 nitrogen and oxygen atoms in total. The number of hydrogen-bond donors (Lipinski definition) is 1. The minimum Gasteiger partial charge on any atom is -0.435 e. The van der Waals surface area contributed by atoms with Gasteiger partial charge in [0.05, 0.1) is 11.2 Å². The van der Waals surface area contributed by atoms with E-state index in [1.54, 1.807) is 17.7 Å². The molecule has 3 heterocycles. The SMILES string of the molecule is c1cc2c(c(Oc3ncnc4ccsc34)c1)NCCC2. The monoisotopic (exact) mass is 283 g/mol. The fourth-order valence-electron chi connectivity index (χ4n) is 2.51. The lowest BCUT2D eigenvalue weighted by atomic mass is 10.0. The number of anilines is 1. The van der Waals surface area contributed by atoms with Crippen molar-refractivity contribution in [2.24, 2.45) is 0 Å². The van der Waals surface area contributed by atoms with Crippen LogP contribution in [0.25, 0.3) is 10.2 Å². The summed E-state index contributed by atoms with van der Waals surface area (Å²) < 4.78 is 7.03. The number of nitrogens with one attached hydrogen (secondary N) is 1. The second-order valence-electron chi connectivity index (χ2n) is 4.74. The predicted octanol–water partition coefficient (Wildman–Crippen LogP) is 3.84. The molecule has 1 N–H and O–H groups in total. The standard InChI is InChI=1S/C15H13N3OS/c1-3-10-4-2-7-16-13(10)12(5-1)19-15-14-11(6-8-20-14)17-9-18-15/h1,3,5-6,8-9,16H,2,4,7H2. The summed E-state index contributed by atoms with van der Waals surface area (Å²) in [5, 5.41) is 5.43. The van der Waals surface area contributed by atoms with Gasteiger partial charge in [-0.1, -0.05) is 12.1 Å². The average molecular weight is 283 g/mol. The van der Waals surface area contributed by atoms with E-state index >= 15 is 0 Å². The molecule has 0 unspecified atom stereocenters. The zero-order valence-corrected chi connectivity index (χ0v) is 11.6. The van der Waals surface area contributed by atoms with Gasteiger partial charge in [0.2, 0.25) is 5.88 Å². The molecule has 0 radical (unpaired) electrons. The molecule has 0 aliphatic carbocycles. The summed E-state index contributed by atoms with van der Waals surface area (Å²) in [6.07, 6.45) is 3.81. The van der Waals surface area contributed by atoms with Crippen molar-refractivity contribution in [3.63, 3.8) is 0 Å². The Balaban J connectivity index is 1.78. The van der Waals surface area contributed by atoms with Gasteiger partial charge in [-0.2, -0.15) is 0 Å². The summed E-state index contributed by atoms with van der Waals surface area (Å²) in [6.45, 7) is 0.992. The first-order valence-corrected chi connectivity index (χ1v) is 7.51. The number of benzene rings is 1. The molecule has 0 amide bonds. The first kappa shape index (κ1) is 11.7. The fourth-order valence-corrected chi connectivity index (χ4v) is 3.28. The molecule has 3 aromatic rings. The Bertz CT molecular complexity index is 769. The maximum atomic E-state index is 6.05. The van der Waals surface area contributed by atoms with Crippen LogP contribution in [0.4, 0.5) is 5.69 Å². The lowest BCUT2D eigenvalue weighted by molar-refractivity contribution is 0.469. The van der Waals surface area contributed by atoms with Gasteiger partial charge in [0.1, 0.15) is 11.0 Å². The van der Waals surface area contributed by atoms with Gasteiger partial charge in [-0.15, -0.1) is 11.3 Å². The van der Waals surface area contributed by atoms with Crippen molar-refractivity contribution < 1.29 is 4.74 Å². The maximum Gasteiger partial charge on any atom is 0.240 e. The fraction of sp³-hybridized carbons (Fsp3) is 0.200. The highest BCUT2D eigenvalue weighted by Crippen LogP contribution is 2.37. The van der Waals surface area contributed by atoms with E-state index < -0.39 is 0 Å². The van der Waals surface area contributed by atoms with Crippen LogP contribution in [0.5, 0.6) is 11.6 Å². The minimum atomic E-state index is 0.630. The molecule has 0 saturated heterocycles. The van der Waals surface area contributed by atoms with Crippen molar-refractivity contribution in [1.82, 2.24) is 9.97 Å². The highest BCUT2D eigenvalue weighted by atomic mass is 32.1. The topological polar surface area (TPSA) is 47.0 Å². The predicted molar refractivity (Wildman–Crippen MR) is 80.7 cm³/mol. The number of fused-ring (bicyclic) bond motifs is 2. The van der Waals surface area contributed by atoms with Gasteiger partial charge in [-0.05, 0) is 35.9 Å². The van der Waals surface area contributed by atoms with Crippen LogP contribution in [-0.4, -0.2) is 16.5 Å². The Kier molecular flexibility index (Phi) is 2.77. The quantitative estimate of drug-likeness (QED) is 0.776. The van der Waals surface area contributed by atoms with Crippen molar-refractivity contribution in [2.45, 2.75) is 12.8 Å². The van der Waals surface area contributed by atoms with E-state index in [2.05, 4.69) is 21.4 Å². The summed E-state index contributed by atoms with van der Waals surface area (Å²) in [6, 6.07) is 8.15. The van der Waals surface area contributed by atoms with E-state index in [0.29, 0.717) is 5.88 Å². The molecule has 4 rings (SSSR count). The molecule has 100 valence electrons. The zero-order valence-electron chi connectivity index (χ0n) is 10.8. The van der Waals surface area contributed by atoms with E-state index in [-0.39, 0.29) is 0 Å². The molecule has 5 heteroatoms. The second-order valence-corrected chi connectivity index (χ2v) is 5.65. The molecular formula is C15H13N3OS. The lowest BCUT2D eigenvalue weighted by Gasteiger charge is -2.20. The number of aromatic nitrogens is 2. The molecule has 1 aliphatic rings. The van der Waals surface area contributed by atoms with Gasteiger partial charge >= 0.3 is 0 Å². The molecule has 0 saturated carbocycles. The number of thiophene rings is 1. The Morgan fingerprint density at radius 3 is 3.20 bits per heavy atom. The van der Waals surface area contributed by atoms with Crippen LogP contribution in [0.1, 0.15) is 12.0 Å². The van der Waals surface area contributed by atoms with Crippen LogP contribution in [-0.2, 0) is 6.42 Å². The van der Waals surface area contributed by atoms with Crippen LogP contribution in [0.3, 0.4) is 0 Å². The van der Waals surface area contributed by atoms with Crippen LogP contribution in [0, 0.1) is 0 Å². The minimum absolute atomic E-state index is 0.630. The normalized spacial score (nSPS) is 13.8. The molecule has 20 heavy (non-hydrogen) atoms. The molecular weight excluding hydrogens is 270 g/mol. The molecule has 0 fully saturated rings. The summed E-state index contributed by atoms with van der Waals surface area (Å²) in [7, 11) is 0. The van der Waals surface area contributed by atoms with Crippen LogP contribution < -0.4 is 10.1 Å². The number of ether oxygens (including phenoxy) is 1. The Hall–Kier alpha value is -2.14.